The van der Waals surface area contributed by atoms with E-state index in [2.05, 4.69) is 26.4 Å². The third kappa shape index (κ3) is 2.08. The molecule has 0 saturated heterocycles. The van der Waals surface area contributed by atoms with Gasteiger partial charge < -0.3 is 9.30 Å². The second kappa shape index (κ2) is 5.20. The monoisotopic (exact) mass is 335 g/mol. The SMILES string of the molecule is C[C@@H]1CCCOc2ccnc3[nH]c(=O)n(c23)-c2ccc3ncn1c3c2. The summed E-state index contributed by atoms with van der Waals surface area (Å²) in [6, 6.07) is 7.97. The molecule has 126 valence electrons. The van der Waals surface area contributed by atoms with Crippen LogP contribution in [-0.4, -0.2) is 30.7 Å². The molecule has 2 bridgehead atoms. The summed E-state index contributed by atoms with van der Waals surface area (Å²) >= 11 is 0. The minimum atomic E-state index is -0.228. The summed E-state index contributed by atoms with van der Waals surface area (Å²) in [6.07, 6.45) is 5.43. The maximum Gasteiger partial charge on any atom is 0.332 e. The van der Waals surface area contributed by atoms with Crippen LogP contribution in [0.5, 0.6) is 5.75 Å². The average Bonchev–Trinajstić information content (AvgIpc) is 3.17. The van der Waals surface area contributed by atoms with E-state index in [4.69, 9.17) is 4.74 Å². The van der Waals surface area contributed by atoms with Gasteiger partial charge in [-0.3, -0.25) is 9.55 Å². The fraction of sp³-hybridized carbons (Fsp3) is 0.278. The van der Waals surface area contributed by atoms with Crippen molar-refractivity contribution in [2.24, 2.45) is 0 Å². The van der Waals surface area contributed by atoms with E-state index >= 15 is 0 Å². The van der Waals surface area contributed by atoms with Gasteiger partial charge in [0.25, 0.3) is 0 Å². The maximum atomic E-state index is 12.6. The van der Waals surface area contributed by atoms with E-state index < -0.39 is 0 Å². The van der Waals surface area contributed by atoms with E-state index in [1.54, 1.807) is 10.8 Å². The Kier molecular flexibility index (Phi) is 2.97. The molecule has 0 spiro atoms. The topological polar surface area (TPSA) is 77.7 Å². The molecule has 3 aromatic heterocycles. The predicted molar refractivity (Wildman–Crippen MR) is 94.4 cm³/mol. The van der Waals surface area contributed by atoms with Gasteiger partial charge in [0.1, 0.15) is 11.3 Å². The molecule has 4 heterocycles. The van der Waals surface area contributed by atoms with Crippen LogP contribution in [0.25, 0.3) is 27.9 Å². The number of pyridine rings is 1. The molecular weight excluding hydrogens is 318 g/mol. The summed E-state index contributed by atoms with van der Waals surface area (Å²) in [6.45, 7) is 2.77. The van der Waals surface area contributed by atoms with Gasteiger partial charge in [0.2, 0.25) is 0 Å². The first-order valence-electron chi connectivity index (χ1n) is 8.42. The lowest BCUT2D eigenvalue weighted by Crippen LogP contribution is -2.15. The van der Waals surface area contributed by atoms with Crippen molar-refractivity contribution in [1.82, 2.24) is 24.1 Å². The zero-order valence-electron chi connectivity index (χ0n) is 13.8. The highest BCUT2D eigenvalue weighted by Gasteiger charge is 2.18. The zero-order valence-corrected chi connectivity index (χ0v) is 13.8. The molecular formula is C18H17N5O2. The number of benzene rings is 1. The number of ether oxygens (including phenoxy) is 1. The van der Waals surface area contributed by atoms with Gasteiger partial charge in [-0.1, -0.05) is 0 Å². The third-order valence-corrected chi connectivity index (χ3v) is 4.85. The van der Waals surface area contributed by atoms with Crippen molar-refractivity contribution in [2.75, 3.05) is 6.61 Å². The number of hydrogen-bond donors (Lipinski definition) is 1. The molecule has 1 aliphatic heterocycles. The standard InChI is InChI=1S/C18H17N5O2/c1-11-3-2-8-25-15-6-7-19-17-16(15)23(18(24)21-17)12-4-5-13-14(9-12)22(11)10-20-13/h4-7,9-11H,2-3,8H2,1H3,(H,19,21,24)/t11-/m1/s1. The molecule has 0 unspecified atom stereocenters. The number of aromatic amines is 1. The first-order chi connectivity index (χ1) is 12.2. The minimum Gasteiger partial charge on any atom is -0.491 e. The van der Waals surface area contributed by atoms with Crippen molar-refractivity contribution >= 4 is 22.2 Å². The molecule has 0 fully saturated rings. The highest BCUT2D eigenvalue weighted by Crippen LogP contribution is 2.28. The van der Waals surface area contributed by atoms with E-state index in [0.717, 1.165) is 29.6 Å². The van der Waals surface area contributed by atoms with E-state index in [9.17, 15) is 4.79 Å². The number of hydrogen-bond acceptors (Lipinski definition) is 4. The van der Waals surface area contributed by atoms with Crippen molar-refractivity contribution in [2.45, 2.75) is 25.8 Å². The van der Waals surface area contributed by atoms with Gasteiger partial charge in [-0.2, -0.15) is 0 Å². The fourth-order valence-electron chi connectivity index (χ4n) is 3.57. The van der Waals surface area contributed by atoms with Gasteiger partial charge in [-0.25, -0.2) is 14.8 Å². The minimum absolute atomic E-state index is 0.228. The lowest BCUT2D eigenvalue weighted by Gasteiger charge is -2.17. The Balaban J connectivity index is 1.88. The van der Waals surface area contributed by atoms with Gasteiger partial charge in [-0.05, 0) is 38.0 Å². The molecule has 1 aliphatic rings. The van der Waals surface area contributed by atoms with Crippen LogP contribution in [-0.2, 0) is 0 Å². The fourth-order valence-corrected chi connectivity index (χ4v) is 3.57. The molecule has 7 heteroatoms. The molecule has 0 saturated carbocycles. The summed E-state index contributed by atoms with van der Waals surface area (Å²) in [7, 11) is 0. The second-order valence-corrected chi connectivity index (χ2v) is 6.44. The molecule has 1 N–H and O–H groups in total. The molecule has 1 atom stereocenters. The Bertz CT molecular complexity index is 1150. The summed E-state index contributed by atoms with van der Waals surface area (Å²) in [4.78, 5) is 24.2. The van der Waals surface area contributed by atoms with E-state index in [1.807, 2.05) is 30.6 Å². The molecule has 7 nitrogen and oxygen atoms in total. The molecule has 0 amide bonds. The van der Waals surface area contributed by atoms with Crippen molar-refractivity contribution in [1.29, 1.82) is 0 Å². The van der Waals surface area contributed by atoms with Crippen molar-refractivity contribution in [3.8, 4) is 11.4 Å². The van der Waals surface area contributed by atoms with Crippen molar-refractivity contribution in [3.63, 3.8) is 0 Å². The molecule has 1 aromatic carbocycles. The van der Waals surface area contributed by atoms with Gasteiger partial charge in [0, 0.05) is 18.3 Å². The molecule has 5 rings (SSSR count). The van der Waals surface area contributed by atoms with Gasteiger partial charge in [0.15, 0.2) is 5.65 Å². The lowest BCUT2D eigenvalue weighted by atomic mass is 10.1. The number of imidazole rings is 2. The maximum absolute atomic E-state index is 12.6. The van der Waals surface area contributed by atoms with Gasteiger partial charge in [0.05, 0.1) is 29.7 Å². The summed E-state index contributed by atoms with van der Waals surface area (Å²) < 4.78 is 9.77. The second-order valence-electron chi connectivity index (χ2n) is 6.44. The van der Waals surface area contributed by atoms with Crippen LogP contribution in [0.1, 0.15) is 25.8 Å². The predicted octanol–water partition coefficient (Wildman–Crippen LogP) is 2.80. The van der Waals surface area contributed by atoms with Crippen LogP contribution in [0.4, 0.5) is 0 Å². The number of H-pyrrole nitrogens is 1. The first-order valence-corrected chi connectivity index (χ1v) is 8.42. The number of nitrogens with zero attached hydrogens (tertiary/aromatic N) is 4. The Morgan fingerprint density at radius 2 is 2.20 bits per heavy atom. The molecule has 4 aromatic rings. The third-order valence-electron chi connectivity index (χ3n) is 4.85. The number of nitrogens with one attached hydrogen (secondary N) is 1. The lowest BCUT2D eigenvalue weighted by molar-refractivity contribution is 0.297. The summed E-state index contributed by atoms with van der Waals surface area (Å²) in [5, 5.41) is 0. The largest absolute Gasteiger partial charge is 0.491 e. The first kappa shape index (κ1) is 14.3. The van der Waals surface area contributed by atoms with Gasteiger partial charge in [-0.15, -0.1) is 0 Å². The van der Waals surface area contributed by atoms with Crippen LogP contribution in [0.3, 0.4) is 0 Å². The highest BCUT2D eigenvalue weighted by atomic mass is 16.5. The number of aromatic nitrogens is 5. The van der Waals surface area contributed by atoms with Crippen molar-refractivity contribution < 1.29 is 4.74 Å². The van der Waals surface area contributed by atoms with E-state index in [-0.39, 0.29) is 5.69 Å². The summed E-state index contributed by atoms with van der Waals surface area (Å²) in [5.74, 6) is 0.671. The van der Waals surface area contributed by atoms with Crippen LogP contribution in [0.15, 0.2) is 41.6 Å². The van der Waals surface area contributed by atoms with Crippen molar-refractivity contribution in [3.05, 3.63) is 47.3 Å². The Morgan fingerprint density at radius 1 is 1.28 bits per heavy atom. The molecule has 0 radical (unpaired) electrons. The van der Waals surface area contributed by atoms with Crippen LogP contribution < -0.4 is 10.4 Å². The van der Waals surface area contributed by atoms with Gasteiger partial charge >= 0.3 is 5.69 Å². The van der Waals surface area contributed by atoms with Crippen LogP contribution in [0.2, 0.25) is 0 Å². The van der Waals surface area contributed by atoms with E-state index in [1.165, 1.54) is 0 Å². The molecule has 0 aliphatic carbocycles. The molecule has 25 heavy (non-hydrogen) atoms. The van der Waals surface area contributed by atoms with Crippen LogP contribution in [0, 0.1) is 0 Å². The Labute approximate surface area is 142 Å². The number of fused-ring (bicyclic) bond motifs is 2. The van der Waals surface area contributed by atoms with Crippen LogP contribution >= 0.6 is 0 Å². The van der Waals surface area contributed by atoms with E-state index in [0.29, 0.717) is 29.6 Å². The Hall–Kier alpha value is -3.09. The average molecular weight is 335 g/mol. The highest BCUT2D eigenvalue weighted by molar-refractivity contribution is 5.83. The zero-order chi connectivity index (χ0) is 17.0. The normalized spacial score (nSPS) is 17.4. The smallest absolute Gasteiger partial charge is 0.332 e. The number of rotatable bonds is 0. The Morgan fingerprint density at radius 3 is 3.12 bits per heavy atom. The summed E-state index contributed by atoms with van der Waals surface area (Å²) in [5.41, 5.74) is 3.70. The quantitative estimate of drug-likeness (QED) is 0.536.